The first kappa shape index (κ1) is 11.7. The molecular formula is C11H22N2O. The van der Waals surface area contributed by atoms with E-state index >= 15 is 0 Å². The minimum atomic E-state index is 0.157. The van der Waals surface area contributed by atoms with Gasteiger partial charge in [0, 0.05) is 12.0 Å². The number of rotatable bonds is 3. The molecule has 14 heavy (non-hydrogen) atoms. The molecule has 1 heterocycles. The summed E-state index contributed by atoms with van der Waals surface area (Å²) >= 11 is 0. The SMILES string of the molecule is C=C(C)C(NN)C1C(C)OC(C)C1C. The second-order valence-corrected chi connectivity index (χ2v) is 4.47. The fourth-order valence-electron chi connectivity index (χ4n) is 2.45. The summed E-state index contributed by atoms with van der Waals surface area (Å²) in [4.78, 5) is 0. The lowest BCUT2D eigenvalue weighted by Crippen LogP contribution is -2.45. The molecule has 0 aromatic rings. The third kappa shape index (κ3) is 2.00. The van der Waals surface area contributed by atoms with Gasteiger partial charge < -0.3 is 4.74 Å². The minimum absolute atomic E-state index is 0.157. The highest BCUT2D eigenvalue weighted by atomic mass is 16.5. The van der Waals surface area contributed by atoms with Gasteiger partial charge in [-0.3, -0.25) is 11.3 Å². The smallest absolute Gasteiger partial charge is 0.0601 e. The van der Waals surface area contributed by atoms with Gasteiger partial charge in [0.15, 0.2) is 0 Å². The molecule has 82 valence electrons. The molecule has 0 aromatic carbocycles. The molecule has 0 amide bonds. The zero-order valence-corrected chi connectivity index (χ0v) is 9.58. The van der Waals surface area contributed by atoms with Crippen molar-refractivity contribution < 1.29 is 4.74 Å². The maximum Gasteiger partial charge on any atom is 0.0601 e. The molecule has 0 bridgehead atoms. The van der Waals surface area contributed by atoms with Crippen molar-refractivity contribution >= 4 is 0 Å². The van der Waals surface area contributed by atoms with E-state index in [1.54, 1.807) is 0 Å². The molecule has 1 fully saturated rings. The van der Waals surface area contributed by atoms with Crippen molar-refractivity contribution in [2.24, 2.45) is 17.7 Å². The second-order valence-electron chi connectivity index (χ2n) is 4.47. The molecule has 0 radical (unpaired) electrons. The summed E-state index contributed by atoms with van der Waals surface area (Å²) in [7, 11) is 0. The summed E-state index contributed by atoms with van der Waals surface area (Å²) in [5, 5.41) is 0. The highest BCUT2D eigenvalue weighted by Gasteiger charge is 2.41. The van der Waals surface area contributed by atoms with Crippen LogP contribution >= 0.6 is 0 Å². The standard InChI is InChI=1S/C11H22N2O/c1-6(2)11(13-12)10-7(3)8(4)14-9(10)5/h7-11,13H,1,12H2,2-5H3. The van der Waals surface area contributed by atoms with Crippen LogP contribution in [0.15, 0.2) is 12.2 Å². The summed E-state index contributed by atoms with van der Waals surface area (Å²) < 4.78 is 5.78. The lowest BCUT2D eigenvalue weighted by molar-refractivity contribution is 0.0488. The molecule has 1 aliphatic rings. The van der Waals surface area contributed by atoms with E-state index in [2.05, 4.69) is 32.8 Å². The van der Waals surface area contributed by atoms with Crippen LogP contribution in [-0.4, -0.2) is 18.2 Å². The van der Waals surface area contributed by atoms with E-state index in [4.69, 9.17) is 10.6 Å². The Labute approximate surface area is 86.7 Å². The molecule has 3 nitrogen and oxygen atoms in total. The summed E-state index contributed by atoms with van der Waals surface area (Å²) in [5.41, 5.74) is 3.92. The highest BCUT2D eigenvalue weighted by Crippen LogP contribution is 2.35. The largest absolute Gasteiger partial charge is 0.375 e. The van der Waals surface area contributed by atoms with Crippen LogP contribution in [0.4, 0.5) is 0 Å². The Morgan fingerprint density at radius 1 is 1.36 bits per heavy atom. The number of nitrogens with one attached hydrogen (secondary N) is 1. The van der Waals surface area contributed by atoms with Gasteiger partial charge in [0.1, 0.15) is 0 Å². The van der Waals surface area contributed by atoms with E-state index in [1.165, 1.54) is 0 Å². The zero-order valence-electron chi connectivity index (χ0n) is 9.58. The second kappa shape index (κ2) is 4.43. The van der Waals surface area contributed by atoms with Gasteiger partial charge in [0.05, 0.1) is 12.2 Å². The molecule has 5 atom stereocenters. The summed E-state index contributed by atoms with van der Waals surface area (Å²) in [5.74, 6) is 6.50. The maximum absolute atomic E-state index is 5.78. The van der Waals surface area contributed by atoms with Crippen molar-refractivity contribution in [3.05, 3.63) is 12.2 Å². The van der Waals surface area contributed by atoms with Crippen LogP contribution in [0.2, 0.25) is 0 Å². The molecule has 1 aliphatic heterocycles. The Kier molecular flexibility index (Phi) is 3.70. The minimum Gasteiger partial charge on any atom is -0.375 e. The predicted octanol–water partition coefficient (Wildman–Crippen LogP) is 1.45. The summed E-state index contributed by atoms with van der Waals surface area (Å²) in [6, 6.07) is 0.157. The summed E-state index contributed by atoms with van der Waals surface area (Å²) in [6.45, 7) is 12.4. The number of hydrogen-bond acceptors (Lipinski definition) is 3. The average molecular weight is 198 g/mol. The van der Waals surface area contributed by atoms with Gasteiger partial charge >= 0.3 is 0 Å². The van der Waals surface area contributed by atoms with Crippen molar-refractivity contribution in [3.63, 3.8) is 0 Å². The van der Waals surface area contributed by atoms with Gasteiger partial charge in [-0.05, 0) is 26.7 Å². The van der Waals surface area contributed by atoms with E-state index < -0.39 is 0 Å². The van der Waals surface area contributed by atoms with Crippen LogP contribution in [-0.2, 0) is 4.74 Å². The Hall–Kier alpha value is -0.380. The lowest BCUT2D eigenvalue weighted by atomic mass is 9.81. The van der Waals surface area contributed by atoms with Gasteiger partial charge in [-0.25, -0.2) is 0 Å². The van der Waals surface area contributed by atoms with Crippen LogP contribution in [0.5, 0.6) is 0 Å². The normalized spacial score (nSPS) is 39.8. The van der Waals surface area contributed by atoms with Gasteiger partial charge in [0.25, 0.3) is 0 Å². The van der Waals surface area contributed by atoms with Crippen molar-refractivity contribution in [2.75, 3.05) is 0 Å². The Bertz CT molecular complexity index is 217. The average Bonchev–Trinajstić information content (AvgIpc) is 2.32. The van der Waals surface area contributed by atoms with E-state index in [0.717, 1.165) is 5.57 Å². The summed E-state index contributed by atoms with van der Waals surface area (Å²) in [6.07, 6.45) is 0.558. The predicted molar refractivity (Wildman–Crippen MR) is 58.6 cm³/mol. The van der Waals surface area contributed by atoms with Crippen LogP contribution in [0, 0.1) is 11.8 Å². The van der Waals surface area contributed by atoms with Crippen molar-refractivity contribution in [2.45, 2.75) is 45.9 Å². The van der Waals surface area contributed by atoms with Crippen molar-refractivity contribution in [1.82, 2.24) is 5.43 Å². The monoisotopic (exact) mass is 198 g/mol. The van der Waals surface area contributed by atoms with Crippen LogP contribution in [0.3, 0.4) is 0 Å². The Balaban J connectivity index is 2.79. The molecule has 3 heteroatoms. The first-order valence-electron chi connectivity index (χ1n) is 5.26. The first-order chi connectivity index (χ1) is 6.49. The number of hydrogen-bond donors (Lipinski definition) is 2. The molecule has 0 saturated carbocycles. The quantitative estimate of drug-likeness (QED) is 0.410. The van der Waals surface area contributed by atoms with Gasteiger partial charge in [-0.15, -0.1) is 0 Å². The van der Waals surface area contributed by atoms with Gasteiger partial charge in [-0.1, -0.05) is 19.1 Å². The molecule has 5 unspecified atom stereocenters. The van der Waals surface area contributed by atoms with Crippen molar-refractivity contribution in [3.8, 4) is 0 Å². The number of ether oxygens (including phenoxy) is 1. The maximum atomic E-state index is 5.78. The molecular weight excluding hydrogens is 176 g/mol. The molecule has 3 N–H and O–H groups in total. The van der Waals surface area contributed by atoms with Crippen molar-refractivity contribution in [1.29, 1.82) is 0 Å². The third-order valence-electron chi connectivity index (χ3n) is 3.41. The van der Waals surface area contributed by atoms with E-state index in [1.807, 2.05) is 6.92 Å². The van der Waals surface area contributed by atoms with E-state index in [-0.39, 0.29) is 12.1 Å². The van der Waals surface area contributed by atoms with Gasteiger partial charge in [0.2, 0.25) is 0 Å². The van der Waals surface area contributed by atoms with E-state index in [0.29, 0.717) is 17.9 Å². The zero-order chi connectivity index (χ0) is 10.9. The first-order valence-corrected chi connectivity index (χ1v) is 5.26. The third-order valence-corrected chi connectivity index (χ3v) is 3.41. The number of hydrazine groups is 1. The van der Waals surface area contributed by atoms with E-state index in [9.17, 15) is 0 Å². The fourth-order valence-corrected chi connectivity index (χ4v) is 2.45. The number of nitrogens with two attached hydrogens (primary N) is 1. The molecule has 1 rings (SSSR count). The lowest BCUT2D eigenvalue weighted by Gasteiger charge is -2.28. The molecule has 0 aliphatic carbocycles. The molecule has 0 spiro atoms. The molecule has 0 aromatic heterocycles. The Morgan fingerprint density at radius 3 is 2.21 bits per heavy atom. The Morgan fingerprint density at radius 2 is 1.93 bits per heavy atom. The van der Waals surface area contributed by atoms with Crippen LogP contribution in [0.25, 0.3) is 0 Å². The van der Waals surface area contributed by atoms with Crippen LogP contribution < -0.4 is 11.3 Å². The van der Waals surface area contributed by atoms with Crippen LogP contribution in [0.1, 0.15) is 27.7 Å². The highest BCUT2D eigenvalue weighted by molar-refractivity contribution is 5.08. The molecule has 1 saturated heterocycles. The fraction of sp³-hybridized carbons (Fsp3) is 0.818. The topological polar surface area (TPSA) is 47.3 Å². The van der Waals surface area contributed by atoms with Gasteiger partial charge in [-0.2, -0.15) is 0 Å².